The third kappa shape index (κ3) is 4.61. The van der Waals surface area contributed by atoms with Gasteiger partial charge in [0.05, 0.1) is 0 Å². The predicted molar refractivity (Wildman–Crippen MR) is 63.5 cm³/mol. The Bertz CT molecular complexity index is 191. The Labute approximate surface area is 88.5 Å². The molecule has 0 atom stereocenters. The Balaban J connectivity index is 0.000000146. The van der Waals surface area contributed by atoms with Gasteiger partial charge in [-0.2, -0.15) is 0 Å². The molecule has 2 rings (SSSR count). The maximum atomic E-state index is 3.56. The molecule has 14 heavy (non-hydrogen) atoms. The zero-order chi connectivity index (χ0) is 10.4. The zero-order valence-electron chi connectivity index (χ0n) is 9.63. The smallest absolute Gasteiger partial charge is 0.00385 e. The Kier molecular flexibility index (Phi) is 4.95. The molecule has 1 saturated carbocycles. The first kappa shape index (κ1) is 11.5. The van der Waals surface area contributed by atoms with Crippen LogP contribution in [0.3, 0.4) is 0 Å². The molecule has 0 N–H and O–H groups in total. The minimum atomic E-state index is 0.775. The number of likely N-dealkylation sites (tertiary alicyclic amines) is 1. The molecule has 80 valence electrons. The van der Waals surface area contributed by atoms with Gasteiger partial charge >= 0.3 is 0 Å². The van der Waals surface area contributed by atoms with E-state index in [-0.39, 0.29) is 0 Å². The van der Waals surface area contributed by atoms with Crippen LogP contribution in [0.25, 0.3) is 0 Å². The fraction of sp³-hybridized carbons (Fsp3) is 0.692. The molecule has 1 saturated heterocycles. The normalized spacial score (nSPS) is 20.4. The first-order valence-electron chi connectivity index (χ1n) is 5.78. The molecular formula is C13H23N. The summed E-state index contributed by atoms with van der Waals surface area (Å²) in [7, 11) is 0. The fourth-order valence-electron chi connectivity index (χ4n) is 1.66. The maximum Gasteiger partial charge on any atom is 0.00385 e. The molecule has 2 fully saturated rings. The van der Waals surface area contributed by atoms with E-state index in [2.05, 4.69) is 31.4 Å². The van der Waals surface area contributed by atoms with Crippen LogP contribution in [-0.4, -0.2) is 24.0 Å². The van der Waals surface area contributed by atoms with Gasteiger partial charge in [-0.3, -0.25) is 0 Å². The lowest BCUT2D eigenvalue weighted by atomic mass is 10.3. The number of rotatable bonds is 2. The van der Waals surface area contributed by atoms with Crippen LogP contribution in [0.2, 0.25) is 0 Å². The summed E-state index contributed by atoms with van der Waals surface area (Å²) in [6, 6.07) is 0.775. The summed E-state index contributed by atoms with van der Waals surface area (Å²) < 4.78 is 0. The lowest BCUT2D eigenvalue weighted by Crippen LogP contribution is -2.26. The summed E-state index contributed by atoms with van der Waals surface area (Å²) >= 11 is 0. The van der Waals surface area contributed by atoms with E-state index in [1.165, 1.54) is 38.8 Å². The minimum Gasteiger partial charge on any atom is -0.301 e. The summed E-state index contributed by atoms with van der Waals surface area (Å²) in [5.41, 5.74) is 1.55. The standard InChI is InChI=1S/C7H15N.C6H8/c1-7(2)8-5-3-4-6-8;1-2-3-6-4-5-6/h7H,3-6H2,1-2H3;2-3H,1,4-5H2. The summed E-state index contributed by atoms with van der Waals surface area (Å²) in [4.78, 5) is 2.53. The monoisotopic (exact) mass is 193 g/mol. The lowest BCUT2D eigenvalue weighted by Gasteiger charge is -2.18. The summed E-state index contributed by atoms with van der Waals surface area (Å²) in [5.74, 6) is 0. The van der Waals surface area contributed by atoms with Crippen LogP contribution in [0, 0.1) is 0 Å². The van der Waals surface area contributed by atoms with Crippen molar-refractivity contribution >= 4 is 0 Å². The van der Waals surface area contributed by atoms with Crippen LogP contribution >= 0.6 is 0 Å². The van der Waals surface area contributed by atoms with Gasteiger partial charge < -0.3 is 4.90 Å². The molecule has 0 amide bonds. The molecule has 0 radical (unpaired) electrons. The summed E-state index contributed by atoms with van der Waals surface area (Å²) in [6.07, 6.45) is 9.39. The largest absolute Gasteiger partial charge is 0.301 e. The second-order valence-corrected chi connectivity index (χ2v) is 4.40. The van der Waals surface area contributed by atoms with Crippen molar-refractivity contribution < 1.29 is 0 Å². The molecule has 1 nitrogen and oxygen atoms in total. The SMILES string of the molecule is C=CC=C1CC1.CC(C)N1CCCC1. The van der Waals surface area contributed by atoms with Gasteiger partial charge in [-0.05, 0) is 52.6 Å². The van der Waals surface area contributed by atoms with Gasteiger partial charge in [-0.15, -0.1) is 0 Å². The molecule has 1 aliphatic heterocycles. The van der Waals surface area contributed by atoms with Gasteiger partial charge in [-0.1, -0.05) is 24.3 Å². The van der Waals surface area contributed by atoms with E-state index in [0.29, 0.717) is 0 Å². The maximum absolute atomic E-state index is 3.56. The van der Waals surface area contributed by atoms with Crippen molar-refractivity contribution in [3.8, 4) is 0 Å². The highest BCUT2D eigenvalue weighted by molar-refractivity contribution is 5.21. The van der Waals surface area contributed by atoms with E-state index in [4.69, 9.17) is 0 Å². The van der Waals surface area contributed by atoms with Crippen molar-refractivity contribution in [2.75, 3.05) is 13.1 Å². The fourth-order valence-corrected chi connectivity index (χ4v) is 1.66. The molecule has 0 bridgehead atoms. The number of hydrogen-bond donors (Lipinski definition) is 0. The van der Waals surface area contributed by atoms with Crippen LogP contribution in [0.4, 0.5) is 0 Å². The summed E-state index contributed by atoms with van der Waals surface area (Å²) in [6.45, 7) is 10.8. The molecule has 1 heteroatoms. The first-order chi connectivity index (χ1) is 6.74. The van der Waals surface area contributed by atoms with E-state index in [9.17, 15) is 0 Å². The number of allylic oxidation sites excluding steroid dienone is 3. The molecule has 0 unspecified atom stereocenters. The topological polar surface area (TPSA) is 3.24 Å². The van der Waals surface area contributed by atoms with E-state index >= 15 is 0 Å². The molecule has 2 aliphatic rings. The predicted octanol–water partition coefficient (Wildman–Crippen LogP) is 3.38. The quantitative estimate of drug-likeness (QED) is 0.650. The van der Waals surface area contributed by atoms with E-state index in [1.807, 2.05) is 6.08 Å². The van der Waals surface area contributed by atoms with Crippen molar-refractivity contribution in [1.82, 2.24) is 4.90 Å². The highest BCUT2D eigenvalue weighted by Crippen LogP contribution is 2.26. The third-order valence-corrected chi connectivity index (χ3v) is 2.76. The molecule has 1 aliphatic carbocycles. The Morgan fingerprint density at radius 1 is 1.21 bits per heavy atom. The Morgan fingerprint density at radius 3 is 2.00 bits per heavy atom. The van der Waals surface area contributed by atoms with Crippen molar-refractivity contribution in [1.29, 1.82) is 0 Å². The van der Waals surface area contributed by atoms with Gasteiger partial charge in [0.25, 0.3) is 0 Å². The van der Waals surface area contributed by atoms with Crippen LogP contribution in [0.15, 0.2) is 24.3 Å². The van der Waals surface area contributed by atoms with Gasteiger partial charge in [0, 0.05) is 6.04 Å². The van der Waals surface area contributed by atoms with Gasteiger partial charge in [0.1, 0.15) is 0 Å². The van der Waals surface area contributed by atoms with Crippen molar-refractivity contribution in [2.24, 2.45) is 0 Å². The van der Waals surface area contributed by atoms with Crippen LogP contribution < -0.4 is 0 Å². The highest BCUT2D eigenvalue weighted by atomic mass is 15.2. The lowest BCUT2D eigenvalue weighted by molar-refractivity contribution is 0.276. The number of hydrogen-bond acceptors (Lipinski definition) is 1. The van der Waals surface area contributed by atoms with Crippen LogP contribution in [0.5, 0.6) is 0 Å². The second-order valence-electron chi connectivity index (χ2n) is 4.40. The van der Waals surface area contributed by atoms with Gasteiger partial charge in [0.2, 0.25) is 0 Å². The van der Waals surface area contributed by atoms with Gasteiger partial charge in [-0.25, -0.2) is 0 Å². The molecule has 1 heterocycles. The Morgan fingerprint density at radius 2 is 1.79 bits per heavy atom. The van der Waals surface area contributed by atoms with Crippen molar-refractivity contribution in [3.63, 3.8) is 0 Å². The minimum absolute atomic E-state index is 0.775. The molecule has 0 aromatic carbocycles. The van der Waals surface area contributed by atoms with E-state index in [0.717, 1.165) is 6.04 Å². The van der Waals surface area contributed by atoms with Crippen LogP contribution in [-0.2, 0) is 0 Å². The molecule has 0 aromatic heterocycles. The zero-order valence-corrected chi connectivity index (χ0v) is 9.63. The average molecular weight is 193 g/mol. The average Bonchev–Trinajstić information content (AvgIpc) is 2.82. The molecule has 0 aromatic rings. The Hall–Kier alpha value is -0.560. The number of nitrogens with zero attached hydrogens (tertiary/aromatic N) is 1. The third-order valence-electron chi connectivity index (χ3n) is 2.76. The van der Waals surface area contributed by atoms with Crippen molar-refractivity contribution in [2.45, 2.75) is 45.6 Å². The second kappa shape index (κ2) is 6.02. The van der Waals surface area contributed by atoms with Crippen LogP contribution in [0.1, 0.15) is 39.5 Å². The summed E-state index contributed by atoms with van der Waals surface area (Å²) in [5, 5.41) is 0. The van der Waals surface area contributed by atoms with E-state index < -0.39 is 0 Å². The van der Waals surface area contributed by atoms with Crippen molar-refractivity contribution in [3.05, 3.63) is 24.3 Å². The van der Waals surface area contributed by atoms with Gasteiger partial charge in [0.15, 0.2) is 0 Å². The van der Waals surface area contributed by atoms with E-state index in [1.54, 1.807) is 5.57 Å². The first-order valence-corrected chi connectivity index (χ1v) is 5.78. The molecule has 0 spiro atoms. The molecular weight excluding hydrogens is 170 g/mol. The highest BCUT2D eigenvalue weighted by Gasteiger charge is 2.13.